The summed E-state index contributed by atoms with van der Waals surface area (Å²) in [5, 5.41) is 19.9. The summed E-state index contributed by atoms with van der Waals surface area (Å²) >= 11 is 5.26. The van der Waals surface area contributed by atoms with Gasteiger partial charge in [0, 0.05) is 11.8 Å². The zero-order chi connectivity index (χ0) is 20.0. The van der Waals surface area contributed by atoms with Gasteiger partial charge in [-0.25, -0.2) is 0 Å². The monoisotopic (exact) mass is 386 g/mol. The highest BCUT2D eigenvalue weighted by Crippen LogP contribution is 2.23. The van der Waals surface area contributed by atoms with Gasteiger partial charge in [-0.3, -0.25) is 14.9 Å². The molecular formula is C19H22N4O3S. The zero-order valence-corrected chi connectivity index (χ0v) is 16.2. The number of nitrogens with one attached hydrogen (secondary N) is 3. The van der Waals surface area contributed by atoms with Gasteiger partial charge in [-0.1, -0.05) is 44.2 Å². The van der Waals surface area contributed by atoms with E-state index in [0.717, 1.165) is 11.3 Å². The zero-order valence-electron chi connectivity index (χ0n) is 15.4. The fraction of sp³-hybridized carbons (Fsp3) is 0.263. The standard InChI is InChI=1S/C19H22N4O3S/c1-12(2)17(18(24)20-14-9-5-4-8-13(14)3)22-19(27)21-15-10-6-7-11-16(15)23(25)26/h4-12,17H,1-3H3,(H,20,24)(H2,21,22,27). The van der Waals surface area contributed by atoms with E-state index >= 15 is 0 Å². The molecule has 0 aliphatic carbocycles. The maximum atomic E-state index is 12.7. The van der Waals surface area contributed by atoms with Crippen LogP contribution in [0.4, 0.5) is 17.1 Å². The van der Waals surface area contributed by atoms with E-state index in [1.54, 1.807) is 18.2 Å². The highest BCUT2D eigenvalue weighted by Gasteiger charge is 2.24. The van der Waals surface area contributed by atoms with E-state index in [-0.39, 0.29) is 28.3 Å². The number of hydrogen-bond acceptors (Lipinski definition) is 4. The quantitative estimate of drug-likeness (QED) is 0.396. The molecule has 0 bridgehead atoms. The highest BCUT2D eigenvalue weighted by molar-refractivity contribution is 7.80. The molecule has 8 heteroatoms. The van der Waals surface area contributed by atoms with Gasteiger partial charge >= 0.3 is 0 Å². The first kappa shape index (κ1) is 20.3. The predicted octanol–water partition coefficient (Wildman–Crippen LogP) is 3.85. The molecule has 7 nitrogen and oxygen atoms in total. The third kappa shape index (κ3) is 5.49. The minimum absolute atomic E-state index is 0.0560. The molecule has 2 rings (SSSR count). The van der Waals surface area contributed by atoms with Crippen LogP contribution in [0.3, 0.4) is 0 Å². The van der Waals surface area contributed by atoms with Crippen molar-refractivity contribution in [2.45, 2.75) is 26.8 Å². The van der Waals surface area contributed by atoms with E-state index in [4.69, 9.17) is 12.2 Å². The number of benzene rings is 2. The van der Waals surface area contributed by atoms with Crippen LogP contribution in [-0.2, 0) is 4.79 Å². The molecule has 0 fully saturated rings. The summed E-state index contributed by atoms with van der Waals surface area (Å²) in [5.74, 6) is -0.287. The van der Waals surface area contributed by atoms with Crippen molar-refractivity contribution in [3.05, 3.63) is 64.2 Å². The number of aryl methyl sites for hydroxylation is 1. The van der Waals surface area contributed by atoms with Crippen LogP contribution in [0, 0.1) is 23.0 Å². The lowest BCUT2D eigenvalue weighted by atomic mass is 10.0. The van der Waals surface area contributed by atoms with E-state index in [1.807, 2.05) is 45.0 Å². The summed E-state index contributed by atoms with van der Waals surface area (Å²) in [7, 11) is 0. The molecular weight excluding hydrogens is 364 g/mol. The molecule has 0 radical (unpaired) electrons. The Morgan fingerprint density at radius 2 is 1.63 bits per heavy atom. The van der Waals surface area contributed by atoms with Crippen molar-refractivity contribution in [3.8, 4) is 0 Å². The fourth-order valence-corrected chi connectivity index (χ4v) is 2.73. The Morgan fingerprint density at radius 1 is 1.04 bits per heavy atom. The van der Waals surface area contributed by atoms with Crippen molar-refractivity contribution in [1.82, 2.24) is 5.32 Å². The molecule has 0 heterocycles. The number of anilines is 2. The smallest absolute Gasteiger partial charge is 0.292 e. The molecule has 27 heavy (non-hydrogen) atoms. The van der Waals surface area contributed by atoms with Crippen LogP contribution in [-0.4, -0.2) is 22.0 Å². The Morgan fingerprint density at radius 3 is 2.22 bits per heavy atom. The van der Waals surface area contributed by atoms with Crippen molar-refractivity contribution in [1.29, 1.82) is 0 Å². The molecule has 2 aromatic rings. The first-order valence-electron chi connectivity index (χ1n) is 8.47. The molecule has 1 unspecified atom stereocenters. The average molecular weight is 386 g/mol. The van der Waals surface area contributed by atoms with Crippen molar-refractivity contribution >= 4 is 40.3 Å². The van der Waals surface area contributed by atoms with Crippen molar-refractivity contribution in [2.75, 3.05) is 10.6 Å². The Hall–Kier alpha value is -3.00. The van der Waals surface area contributed by atoms with Crippen LogP contribution in [0.15, 0.2) is 48.5 Å². The number of nitro benzene ring substituents is 1. The van der Waals surface area contributed by atoms with Gasteiger partial charge in [0.25, 0.3) is 5.69 Å². The van der Waals surface area contributed by atoms with Crippen LogP contribution in [0.2, 0.25) is 0 Å². The highest BCUT2D eigenvalue weighted by atomic mass is 32.1. The number of hydrogen-bond donors (Lipinski definition) is 3. The van der Waals surface area contributed by atoms with Crippen LogP contribution in [0.5, 0.6) is 0 Å². The second-order valence-electron chi connectivity index (χ2n) is 6.40. The number of carbonyl (C=O) groups excluding carboxylic acids is 1. The molecule has 2 aromatic carbocycles. The van der Waals surface area contributed by atoms with Gasteiger partial charge in [0.2, 0.25) is 5.91 Å². The van der Waals surface area contributed by atoms with Crippen LogP contribution in [0.25, 0.3) is 0 Å². The van der Waals surface area contributed by atoms with Gasteiger partial charge in [0.15, 0.2) is 5.11 Å². The number of para-hydroxylation sites is 3. The summed E-state index contributed by atoms with van der Waals surface area (Å²) in [5.41, 5.74) is 1.86. The molecule has 0 saturated carbocycles. The van der Waals surface area contributed by atoms with Gasteiger partial charge in [0.05, 0.1) is 4.92 Å². The number of nitrogens with zero attached hydrogens (tertiary/aromatic N) is 1. The van der Waals surface area contributed by atoms with E-state index in [2.05, 4.69) is 16.0 Å². The maximum Gasteiger partial charge on any atom is 0.292 e. The third-order valence-electron chi connectivity index (χ3n) is 3.99. The third-order valence-corrected chi connectivity index (χ3v) is 4.21. The second-order valence-corrected chi connectivity index (χ2v) is 6.81. The first-order chi connectivity index (χ1) is 12.8. The van der Waals surface area contributed by atoms with E-state index in [1.165, 1.54) is 6.07 Å². The van der Waals surface area contributed by atoms with Crippen LogP contribution < -0.4 is 16.0 Å². The van der Waals surface area contributed by atoms with Crippen molar-refractivity contribution in [3.63, 3.8) is 0 Å². The molecule has 0 aliphatic heterocycles. The fourth-order valence-electron chi connectivity index (χ4n) is 2.50. The summed E-state index contributed by atoms with van der Waals surface area (Å²) < 4.78 is 0. The lowest BCUT2D eigenvalue weighted by Crippen LogP contribution is -2.48. The SMILES string of the molecule is Cc1ccccc1NC(=O)C(NC(=S)Nc1ccccc1[N+](=O)[O-])C(C)C. The molecule has 0 spiro atoms. The van der Waals surface area contributed by atoms with Crippen LogP contribution in [0.1, 0.15) is 19.4 Å². The minimum Gasteiger partial charge on any atom is -0.350 e. The molecule has 1 amide bonds. The van der Waals surface area contributed by atoms with Crippen molar-refractivity contribution < 1.29 is 9.72 Å². The Kier molecular flexibility index (Phi) is 6.84. The van der Waals surface area contributed by atoms with E-state index in [0.29, 0.717) is 0 Å². The number of nitro groups is 1. The van der Waals surface area contributed by atoms with Gasteiger partial charge in [-0.2, -0.15) is 0 Å². The lowest BCUT2D eigenvalue weighted by Gasteiger charge is -2.24. The Balaban J connectivity index is 2.09. The van der Waals surface area contributed by atoms with E-state index < -0.39 is 11.0 Å². The Labute approximate surface area is 163 Å². The summed E-state index contributed by atoms with van der Waals surface area (Å²) in [6.45, 7) is 5.69. The normalized spacial score (nSPS) is 11.6. The lowest BCUT2D eigenvalue weighted by molar-refractivity contribution is -0.383. The minimum atomic E-state index is -0.604. The van der Waals surface area contributed by atoms with Gasteiger partial charge in [-0.05, 0) is 42.8 Å². The van der Waals surface area contributed by atoms with Gasteiger partial charge in [0.1, 0.15) is 11.7 Å². The molecule has 0 aliphatic rings. The first-order valence-corrected chi connectivity index (χ1v) is 8.88. The average Bonchev–Trinajstić information content (AvgIpc) is 2.61. The van der Waals surface area contributed by atoms with Crippen LogP contribution >= 0.6 is 12.2 Å². The summed E-state index contributed by atoms with van der Waals surface area (Å²) in [6, 6.07) is 13.1. The van der Waals surface area contributed by atoms with Gasteiger partial charge in [-0.15, -0.1) is 0 Å². The van der Waals surface area contributed by atoms with Crippen molar-refractivity contribution in [2.24, 2.45) is 5.92 Å². The number of carbonyl (C=O) groups is 1. The largest absolute Gasteiger partial charge is 0.350 e. The van der Waals surface area contributed by atoms with E-state index in [9.17, 15) is 14.9 Å². The number of amides is 1. The molecule has 3 N–H and O–H groups in total. The summed E-state index contributed by atoms with van der Waals surface area (Å²) in [6.07, 6.45) is 0. The predicted molar refractivity (Wildman–Crippen MR) is 111 cm³/mol. The second kappa shape index (κ2) is 9.09. The number of thiocarbonyl (C=S) groups is 1. The van der Waals surface area contributed by atoms with Gasteiger partial charge < -0.3 is 16.0 Å². The number of rotatable bonds is 6. The molecule has 1 atom stereocenters. The maximum absolute atomic E-state index is 12.7. The molecule has 0 saturated heterocycles. The molecule has 0 aromatic heterocycles. The Bertz CT molecular complexity index is 854. The topological polar surface area (TPSA) is 96.3 Å². The molecule has 142 valence electrons. The summed E-state index contributed by atoms with van der Waals surface area (Å²) in [4.78, 5) is 23.3.